The van der Waals surface area contributed by atoms with Crippen LogP contribution in [0.25, 0.3) is 0 Å². The number of hydrogen-bond acceptors (Lipinski definition) is 3. The fourth-order valence-corrected chi connectivity index (χ4v) is 3.15. The monoisotopic (exact) mass is 293 g/mol. The molecule has 21 heavy (non-hydrogen) atoms. The van der Waals surface area contributed by atoms with Gasteiger partial charge in [0.2, 0.25) is 0 Å². The van der Waals surface area contributed by atoms with E-state index < -0.39 is 0 Å². The lowest BCUT2D eigenvalue weighted by Gasteiger charge is -2.27. The first-order valence-corrected chi connectivity index (χ1v) is 8.12. The van der Waals surface area contributed by atoms with Crippen molar-refractivity contribution in [2.24, 2.45) is 5.41 Å². The van der Waals surface area contributed by atoms with E-state index in [-0.39, 0.29) is 5.82 Å². The van der Waals surface area contributed by atoms with Gasteiger partial charge >= 0.3 is 0 Å². The molecule has 1 saturated heterocycles. The second kappa shape index (κ2) is 6.73. The quantitative estimate of drug-likeness (QED) is 0.866. The topological polar surface area (TPSA) is 28.2 Å². The Kier molecular flexibility index (Phi) is 5.20. The van der Waals surface area contributed by atoms with E-state index in [1.165, 1.54) is 25.5 Å². The maximum absolute atomic E-state index is 13.5. The molecule has 118 valence electrons. The molecule has 0 saturated carbocycles. The summed E-state index contributed by atoms with van der Waals surface area (Å²) < 4.78 is 13.5. The Morgan fingerprint density at radius 3 is 2.67 bits per heavy atom. The molecule has 2 heterocycles. The van der Waals surface area contributed by atoms with Crippen LogP contribution in [-0.2, 0) is 6.54 Å². The minimum atomic E-state index is -0.254. The second-order valence-electron chi connectivity index (χ2n) is 6.55. The number of pyridine rings is 1. The van der Waals surface area contributed by atoms with Gasteiger partial charge in [0, 0.05) is 31.2 Å². The van der Waals surface area contributed by atoms with Gasteiger partial charge in [-0.15, -0.1) is 0 Å². The van der Waals surface area contributed by atoms with E-state index in [2.05, 4.69) is 42.9 Å². The molecule has 1 aliphatic rings. The summed E-state index contributed by atoms with van der Waals surface area (Å²) in [6, 6.07) is 2.00. The van der Waals surface area contributed by atoms with Gasteiger partial charge in [-0.3, -0.25) is 0 Å². The highest BCUT2D eigenvalue weighted by atomic mass is 19.1. The van der Waals surface area contributed by atoms with Crippen molar-refractivity contribution in [1.29, 1.82) is 0 Å². The Bertz CT molecular complexity index is 469. The van der Waals surface area contributed by atoms with Gasteiger partial charge in [-0.2, -0.15) is 0 Å². The van der Waals surface area contributed by atoms with Crippen LogP contribution in [0.4, 0.5) is 10.2 Å². The van der Waals surface area contributed by atoms with E-state index in [4.69, 9.17) is 0 Å². The Labute approximate surface area is 127 Å². The lowest BCUT2D eigenvalue weighted by Crippen LogP contribution is -2.29. The van der Waals surface area contributed by atoms with Crippen molar-refractivity contribution < 1.29 is 4.39 Å². The Balaban J connectivity index is 2.19. The minimum Gasteiger partial charge on any atom is -0.356 e. The first-order chi connectivity index (χ1) is 9.99. The van der Waals surface area contributed by atoms with Crippen LogP contribution in [0, 0.1) is 11.2 Å². The predicted octanol–water partition coefficient (Wildman–Crippen LogP) is 3.74. The standard InChI is InChI=1S/C17H28FN3/c1-5-17(6-2)7-8-21(12-17)16-14(10-19-13(3)4)9-15(18)11-20-16/h9,11,13,19H,5-8,10,12H2,1-4H3. The van der Waals surface area contributed by atoms with Crippen molar-refractivity contribution in [1.82, 2.24) is 10.3 Å². The SMILES string of the molecule is CCC1(CC)CCN(c2ncc(F)cc2CNC(C)C)C1. The van der Waals surface area contributed by atoms with Crippen LogP contribution in [0.15, 0.2) is 12.3 Å². The van der Waals surface area contributed by atoms with Gasteiger partial charge in [-0.1, -0.05) is 27.7 Å². The molecule has 0 unspecified atom stereocenters. The number of hydrogen-bond donors (Lipinski definition) is 1. The van der Waals surface area contributed by atoms with Gasteiger partial charge in [-0.05, 0) is 30.7 Å². The summed E-state index contributed by atoms with van der Waals surface area (Å²) in [4.78, 5) is 6.72. The predicted molar refractivity (Wildman–Crippen MR) is 86.0 cm³/mol. The molecular weight excluding hydrogens is 265 g/mol. The zero-order chi connectivity index (χ0) is 15.5. The molecule has 0 aromatic carbocycles. The number of aromatic nitrogens is 1. The average Bonchev–Trinajstić information content (AvgIpc) is 2.90. The number of halogens is 1. The maximum Gasteiger partial charge on any atom is 0.141 e. The molecule has 1 aromatic heterocycles. The van der Waals surface area contributed by atoms with Gasteiger partial charge in [0.15, 0.2) is 0 Å². The van der Waals surface area contributed by atoms with Crippen molar-refractivity contribution in [3.8, 4) is 0 Å². The fraction of sp³-hybridized carbons (Fsp3) is 0.706. The van der Waals surface area contributed by atoms with Crippen LogP contribution in [0.3, 0.4) is 0 Å². The normalized spacial score (nSPS) is 17.7. The van der Waals surface area contributed by atoms with Gasteiger partial charge in [0.25, 0.3) is 0 Å². The lowest BCUT2D eigenvalue weighted by molar-refractivity contribution is 0.301. The third-order valence-electron chi connectivity index (χ3n) is 4.85. The van der Waals surface area contributed by atoms with E-state index >= 15 is 0 Å². The van der Waals surface area contributed by atoms with Gasteiger partial charge in [0.05, 0.1) is 6.20 Å². The third kappa shape index (κ3) is 3.73. The number of nitrogens with one attached hydrogen (secondary N) is 1. The van der Waals surface area contributed by atoms with Crippen molar-refractivity contribution in [2.45, 2.75) is 59.5 Å². The Hall–Kier alpha value is -1.16. The summed E-state index contributed by atoms with van der Waals surface area (Å²) in [5.74, 6) is 0.698. The van der Waals surface area contributed by atoms with Crippen LogP contribution in [0.2, 0.25) is 0 Å². The molecule has 0 radical (unpaired) electrons. The molecule has 3 nitrogen and oxygen atoms in total. The highest BCUT2D eigenvalue weighted by molar-refractivity contribution is 5.48. The molecule has 1 aromatic rings. The molecule has 1 aliphatic heterocycles. The highest BCUT2D eigenvalue weighted by Crippen LogP contribution is 2.39. The van der Waals surface area contributed by atoms with Crippen LogP contribution >= 0.6 is 0 Å². The first kappa shape index (κ1) is 16.2. The van der Waals surface area contributed by atoms with E-state index in [1.54, 1.807) is 6.07 Å². The summed E-state index contributed by atoms with van der Waals surface area (Å²) in [5.41, 5.74) is 1.37. The summed E-state index contributed by atoms with van der Waals surface area (Å²) in [6.07, 6.45) is 4.93. The Morgan fingerprint density at radius 2 is 2.10 bits per heavy atom. The van der Waals surface area contributed by atoms with Gasteiger partial charge < -0.3 is 10.2 Å². The zero-order valence-corrected chi connectivity index (χ0v) is 13.7. The van der Waals surface area contributed by atoms with Crippen molar-refractivity contribution in [2.75, 3.05) is 18.0 Å². The largest absolute Gasteiger partial charge is 0.356 e. The summed E-state index contributed by atoms with van der Waals surface area (Å²) in [7, 11) is 0. The van der Waals surface area contributed by atoms with Crippen molar-refractivity contribution in [3.05, 3.63) is 23.6 Å². The summed E-state index contributed by atoms with van der Waals surface area (Å²) >= 11 is 0. The van der Waals surface area contributed by atoms with Crippen LogP contribution in [0.5, 0.6) is 0 Å². The number of anilines is 1. The molecular formula is C17H28FN3. The maximum atomic E-state index is 13.5. The molecule has 2 rings (SSSR count). The second-order valence-corrected chi connectivity index (χ2v) is 6.55. The van der Waals surface area contributed by atoms with E-state index in [1.807, 2.05) is 0 Å². The third-order valence-corrected chi connectivity index (χ3v) is 4.85. The summed E-state index contributed by atoms with van der Waals surface area (Å²) in [6.45, 7) is 11.5. The van der Waals surface area contributed by atoms with E-state index in [9.17, 15) is 4.39 Å². The number of rotatable bonds is 6. The smallest absolute Gasteiger partial charge is 0.141 e. The summed E-state index contributed by atoms with van der Waals surface area (Å²) in [5, 5.41) is 3.37. The highest BCUT2D eigenvalue weighted by Gasteiger charge is 2.36. The van der Waals surface area contributed by atoms with Gasteiger partial charge in [0.1, 0.15) is 11.6 Å². The van der Waals surface area contributed by atoms with Crippen molar-refractivity contribution in [3.63, 3.8) is 0 Å². The fourth-order valence-electron chi connectivity index (χ4n) is 3.15. The van der Waals surface area contributed by atoms with Crippen LogP contribution in [0.1, 0.15) is 52.5 Å². The lowest BCUT2D eigenvalue weighted by atomic mass is 9.82. The van der Waals surface area contributed by atoms with Crippen LogP contribution < -0.4 is 10.2 Å². The Morgan fingerprint density at radius 1 is 1.38 bits per heavy atom. The molecule has 0 aliphatic carbocycles. The molecule has 1 fully saturated rings. The molecule has 4 heteroatoms. The average molecular weight is 293 g/mol. The zero-order valence-electron chi connectivity index (χ0n) is 13.7. The van der Waals surface area contributed by atoms with Crippen molar-refractivity contribution >= 4 is 5.82 Å². The van der Waals surface area contributed by atoms with E-state index in [0.717, 1.165) is 24.5 Å². The molecule has 0 spiro atoms. The molecule has 0 atom stereocenters. The first-order valence-electron chi connectivity index (χ1n) is 8.12. The molecule has 0 amide bonds. The van der Waals surface area contributed by atoms with E-state index in [0.29, 0.717) is 18.0 Å². The van der Waals surface area contributed by atoms with Gasteiger partial charge in [-0.25, -0.2) is 9.37 Å². The van der Waals surface area contributed by atoms with Crippen LogP contribution in [-0.4, -0.2) is 24.1 Å². The molecule has 0 bridgehead atoms. The number of nitrogens with zero attached hydrogens (tertiary/aromatic N) is 2. The minimum absolute atomic E-state index is 0.254. The molecule has 1 N–H and O–H groups in total.